The maximum absolute atomic E-state index is 10.5. The van der Waals surface area contributed by atoms with Gasteiger partial charge in [-0.1, -0.05) is 0 Å². The van der Waals surface area contributed by atoms with Crippen LogP contribution in [0.2, 0.25) is 0 Å². The summed E-state index contributed by atoms with van der Waals surface area (Å²) in [5.41, 5.74) is 5.57. The smallest absolute Gasteiger partial charge is 0.127 e. The third kappa shape index (κ3) is 2.86. The molecule has 3 aromatic heterocycles. The van der Waals surface area contributed by atoms with Crippen molar-refractivity contribution in [3.63, 3.8) is 0 Å². The van der Waals surface area contributed by atoms with Gasteiger partial charge < -0.3 is 10.4 Å². The summed E-state index contributed by atoms with van der Waals surface area (Å²) in [5, 5.41) is 19.5. The summed E-state index contributed by atoms with van der Waals surface area (Å²) >= 11 is 0. The van der Waals surface area contributed by atoms with Crippen molar-refractivity contribution in [3.8, 4) is 17.0 Å². The van der Waals surface area contributed by atoms with Gasteiger partial charge in [-0.3, -0.25) is 9.67 Å². The number of rotatable bonds is 2. The largest absolute Gasteiger partial charge is 0.507 e. The van der Waals surface area contributed by atoms with Crippen LogP contribution in [0.3, 0.4) is 0 Å². The lowest BCUT2D eigenvalue weighted by Crippen LogP contribution is -2.39. The number of hydrogen-bond acceptors (Lipinski definition) is 5. The van der Waals surface area contributed by atoms with Crippen LogP contribution in [0.1, 0.15) is 37.3 Å². The van der Waals surface area contributed by atoms with Gasteiger partial charge in [-0.25, -0.2) is 4.98 Å². The molecule has 146 valence electrons. The minimum atomic E-state index is 0.192. The summed E-state index contributed by atoms with van der Waals surface area (Å²) in [6.45, 7) is 1.08. The summed E-state index contributed by atoms with van der Waals surface area (Å²) < 4.78 is 1.75. The average Bonchev–Trinajstić information content (AvgIpc) is 3.36. The number of nitrogens with zero attached hydrogens (tertiary/aromatic N) is 4. The Balaban J connectivity index is 1.37. The van der Waals surface area contributed by atoms with Crippen LogP contribution in [-0.2, 0) is 7.05 Å². The highest BCUT2D eigenvalue weighted by Gasteiger charge is 2.46. The summed E-state index contributed by atoms with van der Waals surface area (Å²) in [5.74, 6) is 0.719. The highest BCUT2D eigenvalue weighted by atomic mass is 16.3. The molecule has 1 saturated heterocycles. The fraction of sp³-hybridized carbons (Fsp3) is 0.348. The van der Waals surface area contributed by atoms with Gasteiger partial charge in [0.15, 0.2) is 0 Å². The molecule has 6 nitrogen and oxygen atoms in total. The van der Waals surface area contributed by atoms with Crippen molar-refractivity contribution in [1.82, 2.24) is 25.1 Å². The molecule has 1 aliphatic carbocycles. The first-order valence-electron chi connectivity index (χ1n) is 10.3. The number of fused-ring (bicyclic) bond motifs is 2. The SMILES string of the molecule is Cn1cc2cc(-c3ccc4nc([C@@H]5CCNC6(CC6)C5)ccc4n3)c(O)cc2n1. The number of pyridine rings is 2. The van der Waals surface area contributed by atoms with Crippen LogP contribution in [0.25, 0.3) is 33.2 Å². The maximum Gasteiger partial charge on any atom is 0.127 e. The first-order chi connectivity index (χ1) is 14.1. The molecule has 1 atom stereocenters. The van der Waals surface area contributed by atoms with Crippen molar-refractivity contribution in [2.24, 2.45) is 7.05 Å². The molecule has 2 fully saturated rings. The quantitative estimate of drug-likeness (QED) is 0.547. The topological polar surface area (TPSA) is 75.9 Å². The van der Waals surface area contributed by atoms with E-state index in [9.17, 15) is 5.11 Å². The second-order valence-electron chi connectivity index (χ2n) is 8.60. The third-order valence-electron chi connectivity index (χ3n) is 6.48. The second-order valence-corrected chi connectivity index (χ2v) is 8.60. The molecule has 1 aromatic carbocycles. The number of aromatic nitrogens is 4. The zero-order chi connectivity index (χ0) is 19.6. The predicted molar refractivity (Wildman–Crippen MR) is 113 cm³/mol. The zero-order valence-electron chi connectivity index (χ0n) is 16.4. The lowest BCUT2D eigenvalue weighted by Gasteiger charge is -2.30. The molecule has 0 amide bonds. The van der Waals surface area contributed by atoms with Crippen molar-refractivity contribution in [3.05, 3.63) is 48.3 Å². The van der Waals surface area contributed by atoms with Gasteiger partial charge in [0.05, 0.1) is 22.2 Å². The zero-order valence-corrected chi connectivity index (χ0v) is 16.4. The van der Waals surface area contributed by atoms with Gasteiger partial charge in [0.1, 0.15) is 5.75 Å². The monoisotopic (exact) mass is 385 g/mol. The van der Waals surface area contributed by atoms with Gasteiger partial charge in [0.25, 0.3) is 0 Å². The standard InChI is InChI=1S/C23H23N5O/c1-28-13-15-10-16(22(29)11-21(15)27-28)18-3-5-19-20(26-18)4-2-17(25-19)14-6-9-24-23(12-14)7-8-23/h2-5,10-11,13-14,24,29H,6-9,12H2,1H3/t14-/m1/s1. The highest BCUT2D eigenvalue weighted by Crippen LogP contribution is 2.46. The average molecular weight is 385 g/mol. The van der Waals surface area contributed by atoms with E-state index in [0.29, 0.717) is 17.0 Å². The first kappa shape index (κ1) is 16.9. The number of aryl methyl sites for hydroxylation is 1. The van der Waals surface area contributed by atoms with E-state index >= 15 is 0 Å². The summed E-state index contributed by atoms with van der Waals surface area (Å²) in [6.07, 6.45) is 6.87. The number of benzene rings is 1. The Morgan fingerprint density at radius 3 is 2.76 bits per heavy atom. The van der Waals surface area contributed by atoms with Crippen molar-refractivity contribution in [2.75, 3.05) is 6.54 Å². The molecule has 0 unspecified atom stereocenters. The Bertz CT molecular complexity index is 1260. The van der Waals surface area contributed by atoms with E-state index in [1.165, 1.54) is 25.0 Å². The Morgan fingerprint density at radius 1 is 1.07 bits per heavy atom. The number of phenols is 1. The van der Waals surface area contributed by atoms with E-state index in [0.717, 1.165) is 40.6 Å². The fourth-order valence-corrected chi connectivity index (χ4v) is 4.73. The minimum absolute atomic E-state index is 0.192. The van der Waals surface area contributed by atoms with Gasteiger partial charge >= 0.3 is 0 Å². The molecule has 4 aromatic rings. The van der Waals surface area contributed by atoms with Crippen molar-refractivity contribution in [1.29, 1.82) is 0 Å². The number of piperidine rings is 1. The van der Waals surface area contributed by atoms with E-state index < -0.39 is 0 Å². The highest BCUT2D eigenvalue weighted by molar-refractivity contribution is 5.88. The molecule has 2 aliphatic rings. The third-order valence-corrected chi connectivity index (χ3v) is 6.48. The molecule has 1 aliphatic heterocycles. The first-order valence-corrected chi connectivity index (χ1v) is 10.3. The van der Waals surface area contributed by atoms with Gasteiger partial charge in [-0.05, 0) is 62.6 Å². The molecule has 0 radical (unpaired) electrons. The fourth-order valence-electron chi connectivity index (χ4n) is 4.73. The molecule has 29 heavy (non-hydrogen) atoms. The number of hydrogen-bond donors (Lipinski definition) is 2. The summed E-state index contributed by atoms with van der Waals surface area (Å²) in [6, 6.07) is 11.8. The predicted octanol–water partition coefficient (Wildman–Crippen LogP) is 3.89. The lowest BCUT2D eigenvalue weighted by molar-refractivity contribution is 0.342. The molecular weight excluding hydrogens is 362 g/mol. The van der Waals surface area contributed by atoms with Gasteiger partial charge in [-0.15, -0.1) is 0 Å². The number of nitrogens with one attached hydrogen (secondary N) is 1. The summed E-state index contributed by atoms with van der Waals surface area (Å²) in [7, 11) is 1.88. The Hall–Kier alpha value is -2.99. The van der Waals surface area contributed by atoms with Crippen LogP contribution in [0.4, 0.5) is 0 Å². The van der Waals surface area contributed by atoms with E-state index in [2.05, 4.69) is 22.5 Å². The van der Waals surface area contributed by atoms with Crippen LogP contribution in [0, 0.1) is 0 Å². The maximum atomic E-state index is 10.5. The molecule has 1 spiro atoms. The van der Waals surface area contributed by atoms with Crippen molar-refractivity contribution < 1.29 is 5.11 Å². The molecule has 6 rings (SSSR count). The van der Waals surface area contributed by atoms with Crippen LogP contribution >= 0.6 is 0 Å². The molecule has 1 saturated carbocycles. The van der Waals surface area contributed by atoms with Gasteiger partial charge in [0.2, 0.25) is 0 Å². The Labute approximate surface area is 168 Å². The van der Waals surface area contributed by atoms with Gasteiger partial charge in [-0.2, -0.15) is 5.10 Å². The van der Waals surface area contributed by atoms with E-state index in [-0.39, 0.29) is 5.75 Å². The van der Waals surface area contributed by atoms with Crippen molar-refractivity contribution in [2.45, 2.75) is 37.1 Å². The van der Waals surface area contributed by atoms with Crippen molar-refractivity contribution >= 4 is 21.9 Å². The van der Waals surface area contributed by atoms with E-state index in [1.807, 2.05) is 31.4 Å². The van der Waals surface area contributed by atoms with E-state index in [1.54, 1.807) is 10.7 Å². The summed E-state index contributed by atoms with van der Waals surface area (Å²) in [4.78, 5) is 9.72. The Kier molecular flexibility index (Phi) is 3.50. The molecule has 2 N–H and O–H groups in total. The number of phenolic OH excluding ortho intramolecular Hbond substituents is 1. The molecular formula is C23H23N5O. The molecule has 6 heteroatoms. The normalized spacial score (nSPS) is 20.5. The number of aromatic hydroxyl groups is 1. The van der Waals surface area contributed by atoms with Crippen LogP contribution < -0.4 is 5.32 Å². The van der Waals surface area contributed by atoms with E-state index in [4.69, 9.17) is 9.97 Å². The lowest BCUT2D eigenvalue weighted by atomic mass is 9.88. The van der Waals surface area contributed by atoms with Crippen LogP contribution in [0.5, 0.6) is 5.75 Å². The van der Waals surface area contributed by atoms with Crippen LogP contribution in [0.15, 0.2) is 42.6 Å². The molecule has 4 heterocycles. The van der Waals surface area contributed by atoms with Gasteiger partial charge in [0, 0.05) is 47.4 Å². The second kappa shape index (κ2) is 6.00. The van der Waals surface area contributed by atoms with Crippen LogP contribution in [-0.4, -0.2) is 36.9 Å². The molecule has 0 bridgehead atoms. The Morgan fingerprint density at radius 2 is 1.90 bits per heavy atom. The minimum Gasteiger partial charge on any atom is -0.507 e.